The van der Waals surface area contributed by atoms with Crippen molar-refractivity contribution < 1.29 is 13.9 Å². The fourth-order valence-corrected chi connectivity index (χ4v) is 3.45. The van der Waals surface area contributed by atoms with Gasteiger partial charge in [-0.3, -0.25) is 4.40 Å². The Bertz CT molecular complexity index is 887. The molecule has 4 heterocycles. The molecule has 7 nitrogen and oxygen atoms in total. The highest BCUT2D eigenvalue weighted by atomic mass is 16.5. The van der Waals surface area contributed by atoms with Gasteiger partial charge in [-0.1, -0.05) is 6.92 Å². The van der Waals surface area contributed by atoms with E-state index in [1.54, 1.807) is 18.5 Å². The van der Waals surface area contributed by atoms with Crippen molar-refractivity contribution in [1.29, 1.82) is 0 Å². The standard InChI is InChI=1S/C18H20N4O3/c1-12-5-7-21(14(10-12)15-4-3-9-25-15)18-20-13(17(23)24-2)11-16-19-6-8-22(16)18/h3-4,6,8-9,11-12,14H,5,7,10H2,1-2H3/t12-,14-/m1/s1. The third-order valence-electron chi connectivity index (χ3n) is 4.76. The number of nitrogens with zero attached hydrogens (tertiary/aromatic N) is 4. The molecule has 0 aliphatic carbocycles. The van der Waals surface area contributed by atoms with Gasteiger partial charge in [-0.05, 0) is 30.9 Å². The fraction of sp³-hybridized carbons (Fsp3) is 0.389. The summed E-state index contributed by atoms with van der Waals surface area (Å²) < 4.78 is 12.4. The Balaban J connectivity index is 1.83. The molecule has 130 valence electrons. The molecule has 1 fully saturated rings. The van der Waals surface area contributed by atoms with Crippen LogP contribution in [0.2, 0.25) is 0 Å². The highest BCUT2D eigenvalue weighted by molar-refractivity contribution is 5.88. The Hall–Kier alpha value is -2.83. The number of fused-ring (bicyclic) bond motifs is 1. The second kappa shape index (κ2) is 6.23. The maximum absolute atomic E-state index is 12.0. The Morgan fingerprint density at radius 2 is 2.32 bits per heavy atom. The molecule has 1 saturated heterocycles. The van der Waals surface area contributed by atoms with E-state index in [0.717, 1.165) is 25.1 Å². The van der Waals surface area contributed by atoms with E-state index in [1.807, 2.05) is 22.7 Å². The second-order valence-electron chi connectivity index (χ2n) is 6.44. The fourth-order valence-electron chi connectivity index (χ4n) is 3.45. The maximum atomic E-state index is 12.0. The van der Waals surface area contributed by atoms with Crippen molar-refractivity contribution in [2.24, 2.45) is 5.92 Å². The van der Waals surface area contributed by atoms with Crippen LogP contribution in [-0.2, 0) is 4.74 Å². The van der Waals surface area contributed by atoms with Gasteiger partial charge in [0.1, 0.15) is 11.4 Å². The molecule has 0 unspecified atom stereocenters. The molecule has 1 aliphatic heterocycles. The molecule has 0 N–H and O–H groups in total. The van der Waals surface area contributed by atoms with Crippen molar-refractivity contribution in [1.82, 2.24) is 14.4 Å². The summed E-state index contributed by atoms with van der Waals surface area (Å²) >= 11 is 0. The van der Waals surface area contributed by atoms with E-state index in [9.17, 15) is 4.79 Å². The molecule has 3 aromatic rings. The zero-order valence-corrected chi connectivity index (χ0v) is 14.3. The van der Waals surface area contributed by atoms with Gasteiger partial charge in [-0.25, -0.2) is 14.8 Å². The van der Waals surface area contributed by atoms with Crippen LogP contribution in [-0.4, -0.2) is 34.0 Å². The quantitative estimate of drug-likeness (QED) is 0.682. The summed E-state index contributed by atoms with van der Waals surface area (Å²) in [5, 5.41) is 0. The molecule has 2 atom stereocenters. The minimum Gasteiger partial charge on any atom is -0.467 e. The molecule has 0 radical (unpaired) electrons. The number of rotatable bonds is 3. The predicted octanol–water partition coefficient (Wildman–Crippen LogP) is 3.09. The van der Waals surface area contributed by atoms with E-state index < -0.39 is 5.97 Å². The van der Waals surface area contributed by atoms with E-state index in [2.05, 4.69) is 21.8 Å². The molecule has 4 rings (SSSR count). The molecule has 0 aromatic carbocycles. The molecule has 0 bridgehead atoms. The van der Waals surface area contributed by atoms with E-state index >= 15 is 0 Å². The average molecular weight is 340 g/mol. The van der Waals surface area contributed by atoms with Crippen LogP contribution in [0.4, 0.5) is 5.95 Å². The van der Waals surface area contributed by atoms with Crippen LogP contribution < -0.4 is 4.90 Å². The van der Waals surface area contributed by atoms with Crippen molar-refractivity contribution >= 4 is 17.6 Å². The number of hydrogen-bond acceptors (Lipinski definition) is 6. The van der Waals surface area contributed by atoms with Gasteiger partial charge in [0.15, 0.2) is 5.69 Å². The highest BCUT2D eigenvalue weighted by Crippen LogP contribution is 2.37. The third-order valence-corrected chi connectivity index (χ3v) is 4.76. The molecule has 0 amide bonds. The first-order valence-corrected chi connectivity index (χ1v) is 8.40. The SMILES string of the molecule is COC(=O)c1cc2nccn2c(N2CC[C@@H](C)C[C@@H]2c2ccco2)n1. The van der Waals surface area contributed by atoms with Crippen LogP contribution in [0.15, 0.2) is 41.3 Å². The van der Waals surface area contributed by atoms with E-state index in [4.69, 9.17) is 9.15 Å². The van der Waals surface area contributed by atoms with Gasteiger partial charge in [-0.2, -0.15) is 0 Å². The van der Waals surface area contributed by atoms with Crippen molar-refractivity contribution in [2.75, 3.05) is 18.6 Å². The minimum absolute atomic E-state index is 0.0738. The zero-order valence-electron chi connectivity index (χ0n) is 14.3. The zero-order chi connectivity index (χ0) is 17.4. The number of carbonyl (C=O) groups is 1. The first-order valence-electron chi connectivity index (χ1n) is 8.40. The van der Waals surface area contributed by atoms with Crippen molar-refractivity contribution in [2.45, 2.75) is 25.8 Å². The lowest BCUT2D eigenvalue weighted by Gasteiger charge is -2.38. The molecule has 7 heteroatoms. The predicted molar refractivity (Wildman–Crippen MR) is 91.5 cm³/mol. The summed E-state index contributed by atoms with van der Waals surface area (Å²) in [5.41, 5.74) is 0.926. The van der Waals surface area contributed by atoms with Crippen LogP contribution in [0, 0.1) is 5.92 Å². The van der Waals surface area contributed by atoms with Gasteiger partial charge in [0.25, 0.3) is 0 Å². The maximum Gasteiger partial charge on any atom is 0.356 e. The summed E-state index contributed by atoms with van der Waals surface area (Å²) in [6.07, 6.45) is 7.27. The summed E-state index contributed by atoms with van der Waals surface area (Å²) in [7, 11) is 1.35. The average Bonchev–Trinajstić information content (AvgIpc) is 3.31. The van der Waals surface area contributed by atoms with Crippen molar-refractivity contribution in [3.63, 3.8) is 0 Å². The lowest BCUT2D eigenvalue weighted by atomic mass is 9.91. The van der Waals surface area contributed by atoms with Crippen LogP contribution in [0.1, 0.15) is 42.1 Å². The van der Waals surface area contributed by atoms with E-state index in [1.165, 1.54) is 7.11 Å². The Morgan fingerprint density at radius 1 is 1.44 bits per heavy atom. The van der Waals surface area contributed by atoms with E-state index in [0.29, 0.717) is 17.5 Å². The summed E-state index contributed by atoms with van der Waals surface area (Å²) in [5.74, 6) is 1.72. The van der Waals surface area contributed by atoms with Gasteiger partial charge >= 0.3 is 5.97 Å². The molecule has 1 aliphatic rings. The number of methoxy groups -OCH3 is 1. The van der Waals surface area contributed by atoms with Gasteiger partial charge in [0, 0.05) is 25.0 Å². The summed E-state index contributed by atoms with van der Waals surface area (Å²) in [6.45, 7) is 3.08. The number of imidazole rings is 1. The van der Waals surface area contributed by atoms with Crippen molar-refractivity contribution in [3.05, 3.63) is 48.3 Å². The molecular formula is C18H20N4O3. The van der Waals surface area contributed by atoms with Crippen molar-refractivity contribution in [3.8, 4) is 0 Å². The second-order valence-corrected chi connectivity index (χ2v) is 6.44. The number of anilines is 1. The van der Waals surface area contributed by atoms with Crippen LogP contribution >= 0.6 is 0 Å². The molecule has 0 spiro atoms. The van der Waals surface area contributed by atoms with Crippen LogP contribution in [0.3, 0.4) is 0 Å². The van der Waals surface area contributed by atoms with Gasteiger partial charge in [0.2, 0.25) is 5.95 Å². The van der Waals surface area contributed by atoms with Gasteiger partial charge in [0.05, 0.1) is 19.4 Å². The van der Waals surface area contributed by atoms with E-state index in [-0.39, 0.29) is 11.7 Å². The van der Waals surface area contributed by atoms with Crippen LogP contribution in [0.5, 0.6) is 0 Å². The third kappa shape index (κ3) is 2.75. The molecular weight excluding hydrogens is 320 g/mol. The Kier molecular flexibility index (Phi) is 3.91. The van der Waals surface area contributed by atoms with Crippen LogP contribution in [0.25, 0.3) is 5.65 Å². The Morgan fingerprint density at radius 3 is 3.08 bits per heavy atom. The molecule has 25 heavy (non-hydrogen) atoms. The van der Waals surface area contributed by atoms with Gasteiger partial charge < -0.3 is 14.1 Å². The molecule has 0 saturated carbocycles. The summed E-state index contributed by atoms with van der Waals surface area (Å²) in [6, 6.07) is 5.61. The normalized spacial score (nSPS) is 20.8. The highest BCUT2D eigenvalue weighted by Gasteiger charge is 2.32. The van der Waals surface area contributed by atoms with Gasteiger partial charge in [-0.15, -0.1) is 0 Å². The number of piperidine rings is 1. The number of ether oxygens (including phenoxy) is 1. The largest absolute Gasteiger partial charge is 0.467 e. The number of hydrogen-bond donors (Lipinski definition) is 0. The minimum atomic E-state index is -0.466. The number of aromatic nitrogens is 3. The lowest BCUT2D eigenvalue weighted by molar-refractivity contribution is 0.0594. The number of carbonyl (C=O) groups excluding carboxylic acids is 1. The number of esters is 1. The lowest BCUT2D eigenvalue weighted by Crippen LogP contribution is -2.38. The first-order chi connectivity index (χ1) is 12.2. The first kappa shape index (κ1) is 15.7. The number of furan rings is 1. The monoisotopic (exact) mass is 340 g/mol. The topological polar surface area (TPSA) is 72.9 Å². The smallest absolute Gasteiger partial charge is 0.356 e. The Labute approximate surface area is 145 Å². The summed E-state index contributed by atoms with van der Waals surface area (Å²) in [4.78, 5) is 23.1. The molecule has 3 aromatic heterocycles.